The summed E-state index contributed by atoms with van der Waals surface area (Å²) in [5.41, 5.74) is 1.24. The Kier molecular flexibility index (Phi) is 8.68. The lowest BCUT2D eigenvalue weighted by Crippen LogP contribution is -2.40. The third kappa shape index (κ3) is 6.65. The molecule has 118 valence electrons. The largest absolute Gasteiger partial charge is 0.357 e. The minimum absolute atomic E-state index is 0. The molecule has 0 aliphatic carbocycles. The van der Waals surface area contributed by atoms with Crippen LogP contribution in [0.2, 0.25) is 0 Å². The van der Waals surface area contributed by atoms with E-state index in [0.717, 1.165) is 31.5 Å². The van der Waals surface area contributed by atoms with Crippen LogP contribution in [-0.2, 0) is 6.54 Å². The standard InChI is InChI=1S/C16H26N4.HI/c1-3-17-16(18-11-14-7-5-4-6-8-14)19-12-15-9-10-20(2)13-15;/h4-8,15H,3,9-13H2,1-2H3,(H2,17,18,19);1H. The molecule has 1 atom stereocenters. The minimum Gasteiger partial charge on any atom is -0.357 e. The molecular weight excluding hydrogens is 375 g/mol. The molecule has 0 radical (unpaired) electrons. The van der Waals surface area contributed by atoms with Crippen LogP contribution < -0.4 is 10.6 Å². The zero-order valence-corrected chi connectivity index (χ0v) is 15.3. The summed E-state index contributed by atoms with van der Waals surface area (Å²) >= 11 is 0. The fourth-order valence-electron chi connectivity index (χ4n) is 2.53. The van der Waals surface area contributed by atoms with Gasteiger partial charge in [0.15, 0.2) is 5.96 Å². The van der Waals surface area contributed by atoms with Crippen molar-refractivity contribution in [2.75, 3.05) is 33.2 Å². The molecule has 1 unspecified atom stereocenters. The topological polar surface area (TPSA) is 39.7 Å². The molecule has 1 aliphatic rings. The first-order valence-electron chi connectivity index (χ1n) is 7.52. The highest BCUT2D eigenvalue weighted by molar-refractivity contribution is 14.0. The Morgan fingerprint density at radius 3 is 2.67 bits per heavy atom. The summed E-state index contributed by atoms with van der Waals surface area (Å²) in [6.07, 6.45) is 1.28. The van der Waals surface area contributed by atoms with Crippen molar-refractivity contribution in [3.63, 3.8) is 0 Å². The molecule has 0 spiro atoms. The third-order valence-electron chi connectivity index (χ3n) is 3.65. The molecule has 0 aromatic heterocycles. The monoisotopic (exact) mass is 402 g/mol. The van der Waals surface area contributed by atoms with Gasteiger partial charge < -0.3 is 15.5 Å². The molecular formula is C16H27IN4. The number of rotatable bonds is 5. The Morgan fingerprint density at radius 1 is 1.29 bits per heavy atom. The van der Waals surface area contributed by atoms with E-state index >= 15 is 0 Å². The van der Waals surface area contributed by atoms with E-state index in [-0.39, 0.29) is 24.0 Å². The number of benzene rings is 1. The SMILES string of the molecule is CCNC(=NCc1ccccc1)NCC1CCN(C)C1.I. The van der Waals surface area contributed by atoms with Crippen molar-refractivity contribution in [1.82, 2.24) is 15.5 Å². The van der Waals surface area contributed by atoms with Gasteiger partial charge in [0.2, 0.25) is 0 Å². The second-order valence-corrected chi connectivity index (χ2v) is 5.48. The average molecular weight is 402 g/mol. The first kappa shape index (κ1) is 18.2. The van der Waals surface area contributed by atoms with Crippen molar-refractivity contribution in [1.29, 1.82) is 0 Å². The van der Waals surface area contributed by atoms with Gasteiger partial charge in [-0.05, 0) is 38.4 Å². The summed E-state index contributed by atoms with van der Waals surface area (Å²) in [6, 6.07) is 10.4. The number of guanidine groups is 1. The van der Waals surface area contributed by atoms with Crippen LogP contribution in [0.3, 0.4) is 0 Å². The van der Waals surface area contributed by atoms with Gasteiger partial charge in [-0.3, -0.25) is 0 Å². The van der Waals surface area contributed by atoms with E-state index in [1.54, 1.807) is 0 Å². The molecule has 1 aliphatic heterocycles. The van der Waals surface area contributed by atoms with Crippen molar-refractivity contribution in [2.45, 2.75) is 19.9 Å². The third-order valence-corrected chi connectivity index (χ3v) is 3.65. The number of nitrogens with zero attached hydrogens (tertiary/aromatic N) is 2. The van der Waals surface area contributed by atoms with Crippen LogP contribution in [0.5, 0.6) is 0 Å². The Bertz CT molecular complexity index is 422. The van der Waals surface area contributed by atoms with Gasteiger partial charge in [0.1, 0.15) is 0 Å². The highest BCUT2D eigenvalue weighted by Gasteiger charge is 2.19. The lowest BCUT2D eigenvalue weighted by molar-refractivity contribution is 0.394. The van der Waals surface area contributed by atoms with Gasteiger partial charge >= 0.3 is 0 Å². The predicted molar refractivity (Wildman–Crippen MR) is 100 cm³/mol. The van der Waals surface area contributed by atoms with Crippen molar-refractivity contribution in [2.24, 2.45) is 10.9 Å². The number of halogens is 1. The Hall–Kier alpha value is -0.820. The maximum atomic E-state index is 4.64. The first-order chi connectivity index (χ1) is 9.78. The highest BCUT2D eigenvalue weighted by Crippen LogP contribution is 2.12. The molecule has 1 heterocycles. The van der Waals surface area contributed by atoms with Gasteiger partial charge in [0.05, 0.1) is 6.54 Å². The second kappa shape index (κ2) is 10.00. The maximum absolute atomic E-state index is 4.64. The summed E-state index contributed by atoms with van der Waals surface area (Å²) in [6.45, 7) is 7.12. The van der Waals surface area contributed by atoms with E-state index in [9.17, 15) is 0 Å². The molecule has 1 fully saturated rings. The zero-order valence-electron chi connectivity index (χ0n) is 13.0. The van der Waals surface area contributed by atoms with Crippen LogP contribution in [0, 0.1) is 5.92 Å². The van der Waals surface area contributed by atoms with Gasteiger partial charge in [0.25, 0.3) is 0 Å². The van der Waals surface area contributed by atoms with Crippen LogP contribution in [0.1, 0.15) is 18.9 Å². The quantitative estimate of drug-likeness (QED) is 0.451. The van der Waals surface area contributed by atoms with Gasteiger partial charge in [-0.15, -0.1) is 24.0 Å². The van der Waals surface area contributed by atoms with Crippen LogP contribution in [0.4, 0.5) is 0 Å². The van der Waals surface area contributed by atoms with E-state index in [4.69, 9.17) is 0 Å². The summed E-state index contributed by atoms with van der Waals surface area (Å²) < 4.78 is 0. The summed E-state index contributed by atoms with van der Waals surface area (Å²) in [5.74, 6) is 1.66. The number of hydrogen-bond donors (Lipinski definition) is 2. The molecule has 1 saturated heterocycles. The van der Waals surface area contributed by atoms with Gasteiger partial charge in [-0.2, -0.15) is 0 Å². The molecule has 4 nitrogen and oxygen atoms in total. The first-order valence-corrected chi connectivity index (χ1v) is 7.52. The summed E-state index contributed by atoms with van der Waals surface area (Å²) in [7, 11) is 2.19. The fraction of sp³-hybridized carbons (Fsp3) is 0.562. The van der Waals surface area contributed by atoms with Crippen LogP contribution in [-0.4, -0.2) is 44.1 Å². The van der Waals surface area contributed by atoms with Crippen molar-refractivity contribution < 1.29 is 0 Å². The molecule has 2 rings (SSSR count). The molecule has 21 heavy (non-hydrogen) atoms. The highest BCUT2D eigenvalue weighted by atomic mass is 127. The van der Waals surface area contributed by atoms with Crippen molar-refractivity contribution >= 4 is 29.9 Å². The van der Waals surface area contributed by atoms with Crippen LogP contribution in [0.15, 0.2) is 35.3 Å². The van der Waals surface area contributed by atoms with Crippen molar-refractivity contribution in [3.05, 3.63) is 35.9 Å². The predicted octanol–water partition coefficient (Wildman–Crippen LogP) is 2.31. The normalized spacial score (nSPS) is 19.1. The number of likely N-dealkylation sites (tertiary alicyclic amines) is 1. The average Bonchev–Trinajstić information content (AvgIpc) is 2.89. The van der Waals surface area contributed by atoms with E-state index in [1.165, 1.54) is 25.1 Å². The molecule has 1 aromatic rings. The van der Waals surface area contributed by atoms with Gasteiger partial charge in [-0.25, -0.2) is 4.99 Å². The van der Waals surface area contributed by atoms with Crippen LogP contribution >= 0.6 is 24.0 Å². The van der Waals surface area contributed by atoms with Gasteiger partial charge in [0, 0.05) is 19.6 Å². The zero-order chi connectivity index (χ0) is 14.2. The Balaban J connectivity index is 0.00000220. The molecule has 1 aromatic carbocycles. The molecule has 5 heteroatoms. The Morgan fingerprint density at radius 2 is 2.05 bits per heavy atom. The molecule has 2 N–H and O–H groups in total. The van der Waals surface area contributed by atoms with E-state index in [0.29, 0.717) is 0 Å². The minimum atomic E-state index is 0. The number of aliphatic imine (C=N–C) groups is 1. The Labute approximate surface area is 145 Å². The second-order valence-electron chi connectivity index (χ2n) is 5.48. The van der Waals surface area contributed by atoms with E-state index in [2.05, 4.69) is 58.8 Å². The van der Waals surface area contributed by atoms with Gasteiger partial charge in [-0.1, -0.05) is 30.3 Å². The summed E-state index contributed by atoms with van der Waals surface area (Å²) in [4.78, 5) is 7.03. The van der Waals surface area contributed by atoms with E-state index in [1.807, 2.05) is 6.07 Å². The fourth-order valence-corrected chi connectivity index (χ4v) is 2.53. The lowest BCUT2D eigenvalue weighted by Gasteiger charge is -2.15. The molecule has 0 bridgehead atoms. The lowest BCUT2D eigenvalue weighted by atomic mass is 10.1. The van der Waals surface area contributed by atoms with E-state index < -0.39 is 0 Å². The summed E-state index contributed by atoms with van der Waals surface area (Å²) in [5, 5.41) is 6.78. The smallest absolute Gasteiger partial charge is 0.191 e. The number of hydrogen-bond acceptors (Lipinski definition) is 2. The number of nitrogens with one attached hydrogen (secondary N) is 2. The van der Waals surface area contributed by atoms with Crippen LogP contribution in [0.25, 0.3) is 0 Å². The van der Waals surface area contributed by atoms with Crippen molar-refractivity contribution in [3.8, 4) is 0 Å². The maximum Gasteiger partial charge on any atom is 0.191 e. The molecule has 0 amide bonds. The molecule has 0 saturated carbocycles.